The summed E-state index contributed by atoms with van der Waals surface area (Å²) in [7, 11) is 0. The zero-order chi connectivity index (χ0) is 13.0. The Labute approximate surface area is 111 Å². The number of aromatic nitrogens is 2. The minimum absolute atomic E-state index is 0.00577. The molecule has 18 heavy (non-hydrogen) atoms. The molecule has 0 radical (unpaired) electrons. The predicted octanol–water partition coefficient (Wildman–Crippen LogP) is 1.85. The highest BCUT2D eigenvalue weighted by molar-refractivity contribution is 6.29. The van der Waals surface area contributed by atoms with Crippen LogP contribution in [0.25, 0.3) is 0 Å². The van der Waals surface area contributed by atoms with Gasteiger partial charge in [-0.3, -0.25) is 10.1 Å². The first-order valence-corrected chi connectivity index (χ1v) is 6.55. The van der Waals surface area contributed by atoms with Crippen LogP contribution in [0, 0.1) is 5.41 Å². The van der Waals surface area contributed by atoms with Crippen molar-refractivity contribution in [2.75, 3.05) is 18.4 Å². The van der Waals surface area contributed by atoms with Crippen LogP contribution in [0.1, 0.15) is 26.2 Å². The van der Waals surface area contributed by atoms with Gasteiger partial charge < -0.3 is 5.32 Å². The zero-order valence-electron chi connectivity index (χ0n) is 10.4. The summed E-state index contributed by atoms with van der Waals surface area (Å²) in [5.74, 6) is 0.271. The van der Waals surface area contributed by atoms with Gasteiger partial charge in [0, 0.05) is 6.20 Å². The third kappa shape index (κ3) is 2.79. The van der Waals surface area contributed by atoms with Crippen LogP contribution >= 0.6 is 11.6 Å². The number of piperidine rings is 1. The van der Waals surface area contributed by atoms with Crippen molar-refractivity contribution in [2.24, 2.45) is 5.41 Å². The Morgan fingerprint density at radius 2 is 2.28 bits per heavy atom. The number of anilines is 1. The average molecular weight is 269 g/mol. The maximum atomic E-state index is 12.4. The Morgan fingerprint density at radius 1 is 1.56 bits per heavy atom. The molecule has 0 bridgehead atoms. The largest absolute Gasteiger partial charge is 0.317 e. The molecule has 1 aromatic heterocycles. The minimum Gasteiger partial charge on any atom is -0.317 e. The van der Waals surface area contributed by atoms with Crippen molar-refractivity contribution in [3.05, 3.63) is 17.4 Å². The van der Waals surface area contributed by atoms with Gasteiger partial charge in [-0.05, 0) is 38.4 Å². The average Bonchev–Trinajstić information content (AvgIpc) is 2.39. The van der Waals surface area contributed by atoms with Crippen LogP contribution in [0.5, 0.6) is 0 Å². The monoisotopic (exact) mass is 268 g/mol. The van der Waals surface area contributed by atoms with Crippen molar-refractivity contribution < 1.29 is 4.79 Å². The molecule has 2 N–H and O–H groups in total. The molecule has 0 spiro atoms. The van der Waals surface area contributed by atoms with Crippen LogP contribution < -0.4 is 10.6 Å². The van der Waals surface area contributed by atoms with E-state index >= 15 is 0 Å². The molecule has 1 aliphatic heterocycles. The van der Waals surface area contributed by atoms with Crippen LogP contribution in [-0.4, -0.2) is 29.0 Å². The summed E-state index contributed by atoms with van der Waals surface area (Å²) in [5.41, 5.74) is -0.309. The van der Waals surface area contributed by atoms with Gasteiger partial charge in [0.2, 0.25) is 11.9 Å². The fourth-order valence-corrected chi connectivity index (χ4v) is 2.41. The molecule has 0 atom stereocenters. The number of hydrogen-bond donors (Lipinski definition) is 2. The number of amides is 1. The van der Waals surface area contributed by atoms with E-state index in [1.807, 2.05) is 6.92 Å². The third-order valence-corrected chi connectivity index (χ3v) is 3.78. The van der Waals surface area contributed by atoms with Gasteiger partial charge >= 0.3 is 0 Å². The smallest absolute Gasteiger partial charge is 0.233 e. The summed E-state index contributed by atoms with van der Waals surface area (Å²) in [6.07, 6.45) is 4.04. The van der Waals surface area contributed by atoms with Gasteiger partial charge in [0.15, 0.2) is 0 Å². The van der Waals surface area contributed by atoms with Gasteiger partial charge in [-0.1, -0.05) is 18.5 Å². The van der Waals surface area contributed by atoms with Crippen LogP contribution in [0.3, 0.4) is 0 Å². The lowest BCUT2D eigenvalue weighted by molar-refractivity contribution is -0.127. The number of carbonyl (C=O) groups excluding carboxylic acids is 1. The molecule has 1 fully saturated rings. The van der Waals surface area contributed by atoms with Gasteiger partial charge in [-0.25, -0.2) is 9.97 Å². The Hall–Kier alpha value is -1.20. The molecule has 1 amide bonds. The highest BCUT2D eigenvalue weighted by atomic mass is 35.5. The predicted molar refractivity (Wildman–Crippen MR) is 70.5 cm³/mol. The summed E-state index contributed by atoms with van der Waals surface area (Å²) < 4.78 is 0. The van der Waals surface area contributed by atoms with Crippen LogP contribution in [-0.2, 0) is 4.79 Å². The lowest BCUT2D eigenvalue weighted by Crippen LogP contribution is -2.44. The zero-order valence-corrected chi connectivity index (χ0v) is 11.1. The van der Waals surface area contributed by atoms with Crippen molar-refractivity contribution in [1.82, 2.24) is 15.3 Å². The lowest BCUT2D eigenvalue weighted by atomic mass is 9.76. The van der Waals surface area contributed by atoms with Crippen molar-refractivity contribution >= 4 is 23.5 Å². The van der Waals surface area contributed by atoms with Crippen molar-refractivity contribution in [1.29, 1.82) is 0 Å². The lowest BCUT2D eigenvalue weighted by Gasteiger charge is -2.34. The highest BCUT2D eigenvalue weighted by Crippen LogP contribution is 2.33. The van der Waals surface area contributed by atoms with E-state index in [0.29, 0.717) is 5.15 Å². The number of nitrogens with one attached hydrogen (secondary N) is 2. The van der Waals surface area contributed by atoms with E-state index in [2.05, 4.69) is 20.6 Å². The first-order valence-electron chi connectivity index (χ1n) is 6.17. The highest BCUT2D eigenvalue weighted by Gasteiger charge is 2.38. The van der Waals surface area contributed by atoms with Crippen molar-refractivity contribution in [2.45, 2.75) is 26.2 Å². The van der Waals surface area contributed by atoms with E-state index in [1.54, 1.807) is 6.07 Å². The molecule has 1 aromatic rings. The number of carbonyl (C=O) groups is 1. The quantitative estimate of drug-likeness (QED) is 0.821. The Bertz CT molecular complexity index is 432. The topological polar surface area (TPSA) is 66.9 Å². The van der Waals surface area contributed by atoms with E-state index in [-0.39, 0.29) is 17.3 Å². The first-order chi connectivity index (χ1) is 8.66. The minimum atomic E-state index is -0.309. The van der Waals surface area contributed by atoms with Crippen molar-refractivity contribution in [3.8, 4) is 0 Å². The maximum Gasteiger partial charge on any atom is 0.233 e. The van der Waals surface area contributed by atoms with E-state index in [4.69, 9.17) is 11.6 Å². The SMILES string of the molecule is CCC1(C(=O)Nc2nccc(Cl)n2)CCNCC1. The summed E-state index contributed by atoms with van der Waals surface area (Å²) in [6, 6.07) is 1.58. The first kappa shape index (κ1) is 13.2. The molecular formula is C12H17ClN4O. The Kier molecular flexibility index (Phi) is 4.14. The van der Waals surface area contributed by atoms with Crippen LogP contribution in [0.15, 0.2) is 12.3 Å². The molecule has 5 nitrogen and oxygen atoms in total. The summed E-state index contributed by atoms with van der Waals surface area (Å²) in [4.78, 5) is 20.3. The van der Waals surface area contributed by atoms with E-state index in [0.717, 1.165) is 32.4 Å². The van der Waals surface area contributed by atoms with E-state index in [9.17, 15) is 4.79 Å². The fourth-order valence-electron chi connectivity index (χ4n) is 2.28. The summed E-state index contributed by atoms with van der Waals surface area (Å²) in [6.45, 7) is 3.79. The molecule has 98 valence electrons. The number of nitrogens with zero attached hydrogens (tertiary/aromatic N) is 2. The van der Waals surface area contributed by atoms with Gasteiger partial charge in [-0.2, -0.15) is 0 Å². The second-order valence-electron chi connectivity index (χ2n) is 4.54. The van der Waals surface area contributed by atoms with Gasteiger partial charge in [-0.15, -0.1) is 0 Å². The molecule has 0 aliphatic carbocycles. The summed E-state index contributed by atoms with van der Waals surface area (Å²) in [5, 5.41) is 6.37. The molecule has 0 saturated carbocycles. The normalized spacial score (nSPS) is 18.3. The number of halogens is 1. The maximum absolute atomic E-state index is 12.4. The van der Waals surface area contributed by atoms with Gasteiger partial charge in [0.05, 0.1) is 5.41 Å². The summed E-state index contributed by atoms with van der Waals surface area (Å²) >= 11 is 5.77. The van der Waals surface area contributed by atoms with Gasteiger partial charge in [0.1, 0.15) is 5.15 Å². The second kappa shape index (κ2) is 5.63. The molecule has 2 heterocycles. The van der Waals surface area contributed by atoms with E-state index < -0.39 is 0 Å². The van der Waals surface area contributed by atoms with Crippen LogP contribution in [0.2, 0.25) is 5.15 Å². The molecule has 6 heteroatoms. The Morgan fingerprint density at radius 3 is 2.89 bits per heavy atom. The third-order valence-electron chi connectivity index (χ3n) is 3.57. The Balaban J connectivity index is 2.10. The number of hydrogen-bond acceptors (Lipinski definition) is 4. The molecule has 2 rings (SSSR count). The molecule has 1 aliphatic rings. The molecular weight excluding hydrogens is 252 g/mol. The van der Waals surface area contributed by atoms with E-state index in [1.165, 1.54) is 6.20 Å². The fraction of sp³-hybridized carbons (Fsp3) is 0.583. The molecule has 1 saturated heterocycles. The molecule has 0 unspecified atom stereocenters. The molecule has 0 aromatic carbocycles. The second-order valence-corrected chi connectivity index (χ2v) is 4.93. The van der Waals surface area contributed by atoms with Crippen molar-refractivity contribution in [3.63, 3.8) is 0 Å². The van der Waals surface area contributed by atoms with Gasteiger partial charge in [0.25, 0.3) is 0 Å². The number of rotatable bonds is 3. The van der Waals surface area contributed by atoms with Crippen LogP contribution in [0.4, 0.5) is 5.95 Å². The standard InChI is InChI=1S/C12H17ClN4O/c1-2-12(4-7-14-8-5-12)10(18)17-11-15-6-3-9(13)16-11/h3,6,14H,2,4-5,7-8H2,1H3,(H,15,16,17,18).